The zero-order valence-corrected chi connectivity index (χ0v) is 9.48. The van der Waals surface area contributed by atoms with Gasteiger partial charge in [0.25, 0.3) is 0 Å². The van der Waals surface area contributed by atoms with Crippen LogP contribution >= 0.6 is 23.2 Å². The van der Waals surface area contributed by atoms with Crippen molar-refractivity contribution in [2.45, 2.75) is 38.5 Å². The molecule has 0 amide bonds. The van der Waals surface area contributed by atoms with Gasteiger partial charge in [0.2, 0.25) is 10.5 Å². The SMILES string of the molecule is C1CCCCC1.O=C(Cl)/C=C/C(=O)Cl. The van der Waals surface area contributed by atoms with Crippen molar-refractivity contribution in [2.24, 2.45) is 0 Å². The molecule has 1 rings (SSSR count). The van der Waals surface area contributed by atoms with Crippen LogP contribution in [0.1, 0.15) is 38.5 Å². The van der Waals surface area contributed by atoms with E-state index in [1.54, 1.807) is 0 Å². The minimum atomic E-state index is -0.709. The number of halogens is 2. The molecule has 4 heteroatoms. The smallest absolute Gasteiger partial charge is 0.245 e. The molecule has 1 aliphatic rings. The third kappa shape index (κ3) is 11.7. The summed E-state index contributed by atoms with van der Waals surface area (Å²) in [7, 11) is 0. The lowest BCUT2D eigenvalue weighted by molar-refractivity contribution is -0.109. The van der Waals surface area contributed by atoms with Crippen molar-refractivity contribution in [3.8, 4) is 0 Å². The molecule has 0 N–H and O–H groups in total. The van der Waals surface area contributed by atoms with E-state index in [2.05, 4.69) is 0 Å². The Bertz CT molecular complexity index is 181. The van der Waals surface area contributed by atoms with Crippen LogP contribution in [-0.2, 0) is 9.59 Å². The van der Waals surface area contributed by atoms with Crippen LogP contribution in [0.3, 0.4) is 0 Å². The summed E-state index contributed by atoms with van der Waals surface area (Å²) < 4.78 is 0. The summed E-state index contributed by atoms with van der Waals surface area (Å²) in [6.07, 6.45) is 10.8. The van der Waals surface area contributed by atoms with Gasteiger partial charge >= 0.3 is 0 Å². The lowest BCUT2D eigenvalue weighted by atomic mass is 10.0. The highest BCUT2D eigenvalue weighted by Crippen LogP contribution is 2.15. The number of allylic oxidation sites excluding steroid dienone is 2. The summed E-state index contributed by atoms with van der Waals surface area (Å²) in [5, 5.41) is -1.42. The molecule has 1 fully saturated rings. The first-order valence-electron chi connectivity index (χ1n) is 4.70. The van der Waals surface area contributed by atoms with Crippen molar-refractivity contribution in [1.82, 2.24) is 0 Å². The van der Waals surface area contributed by atoms with Crippen LogP contribution < -0.4 is 0 Å². The minimum Gasteiger partial charge on any atom is -0.276 e. The van der Waals surface area contributed by atoms with Gasteiger partial charge in [0, 0.05) is 12.2 Å². The summed E-state index contributed by atoms with van der Waals surface area (Å²) in [4.78, 5) is 19.6. The van der Waals surface area contributed by atoms with Crippen LogP contribution in [0, 0.1) is 0 Å². The quantitative estimate of drug-likeness (QED) is 0.544. The standard InChI is InChI=1S/C6H12.C4H2Cl2O2/c1-2-4-6-5-3-1;5-3(7)1-2-4(6)8/h1-6H2;1-2H/b;2-1+. The second kappa shape index (κ2) is 9.22. The molecular weight excluding hydrogens is 223 g/mol. The van der Waals surface area contributed by atoms with E-state index in [9.17, 15) is 9.59 Å². The Balaban J connectivity index is 0.000000249. The Morgan fingerprint density at radius 2 is 0.929 bits per heavy atom. The van der Waals surface area contributed by atoms with Gasteiger partial charge < -0.3 is 0 Å². The molecule has 0 spiro atoms. The van der Waals surface area contributed by atoms with Gasteiger partial charge in [0.15, 0.2) is 0 Å². The van der Waals surface area contributed by atoms with Crippen molar-refractivity contribution >= 4 is 33.7 Å². The van der Waals surface area contributed by atoms with Crippen molar-refractivity contribution in [3.05, 3.63) is 12.2 Å². The second-order valence-corrected chi connectivity index (χ2v) is 3.81. The Morgan fingerprint density at radius 1 is 0.714 bits per heavy atom. The third-order valence-corrected chi connectivity index (χ3v) is 2.10. The van der Waals surface area contributed by atoms with Gasteiger partial charge in [-0.3, -0.25) is 9.59 Å². The molecule has 1 aliphatic carbocycles. The number of rotatable bonds is 2. The van der Waals surface area contributed by atoms with E-state index in [1.807, 2.05) is 0 Å². The Kier molecular flexibility index (Phi) is 9.00. The first kappa shape index (κ1) is 13.7. The maximum atomic E-state index is 9.82. The molecule has 0 saturated heterocycles. The van der Waals surface area contributed by atoms with Crippen LogP contribution in [0.5, 0.6) is 0 Å². The van der Waals surface area contributed by atoms with Crippen molar-refractivity contribution in [1.29, 1.82) is 0 Å². The minimum absolute atomic E-state index is 0.709. The average molecular weight is 237 g/mol. The number of hydrogen-bond donors (Lipinski definition) is 0. The Labute approximate surface area is 94.3 Å². The molecule has 2 nitrogen and oxygen atoms in total. The van der Waals surface area contributed by atoms with Crippen LogP contribution in [0.4, 0.5) is 0 Å². The Hall–Kier alpha value is -0.340. The van der Waals surface area contributed by atoms with Crippen molar-refractivity contribution in [2.75, 3.05) is 0 Å². The van der Waals surface area contributed by atoms with Gasteiger partial charge in [0.1, 0.15) is 0 Å². The highest BCUT2D eigenvalue weighted by atomic mass is 35.5. The van der Waals surface area contributed by atoms with Crippen LogP contribution in [0.15, 0.2) is 12.2 Å². The predicted molar refractivity (Wildman–Crippen MR) is 58.6 cm³/mol. The van der Waals surface area contributed by atoms with Gasteiger partial charge in [-0.15, -0.1) is 0 Å². The van der Waals surface area contributed by atoms with E-state index in [-0.39, 0.29) is 0 Å². The summed E-state index contributed by atoms with van der Waals surface area (Å²) in [6, 6.07) is 0. The molecule has 0 atom stereocenters. The zero-order chi connectivity index (χ0) is 10.8. The number of hydrogen-bond acceptors (Lipinski definition) is 2. The van der Waals surface area contributed by atoms with Crippen LogP contribution in [0.25, 0.3) is 0 Å². The zero-order valence-electron chi connectivity index (χ0n) is 7.97. The van der Waals surface area contributed by atoms with E-state index in [1.165, 1.54) is 38.5 Å². The summed E-state index contributed by atoms with van der Waals surface area (Å²) in [5.74, 6) is 0. The van der Waals surface area contributed by atoms with E-state index >= 15 is 0 Å². The number of carbonyl (C=O) groups excluding carboxylic acids is 2. The maximum Gasteiger partial charge on any atom is 0.245 e. The maximum absolute atomic E-state index is 9.82. The summed E-state index contributed by atoms with van der Waals surface area (Å²) in [6.45, 7) is 0. The molecule has 0 unspecified atom stereocenters. The fraction of sp³-hybridized carbons (Fsp3) is 0.600. The van der Waals surface area contributed by atoms with Gasteiger partial charge in [-0.2, -0.15) is 0 Å². The molecule has 0 aromatic carbocycles. The molecule has 0 radical (unpaired) electrons. The largest absolute Gasteiger partial charge is 0.276 e. The molecule has 0 bridgehead atoms. The van der Waals surface area contributed by atoms with Gasteiger partial charge in [-0.05, 0) is 23.2 Å². The van der Waals surface area contributed by atoms with Gasteiger partial charge in [-0.1, -0.05) is 38.5 Å². The first-order chi connectivity index (χ1) is 6.63. The highest BCUT2D eigenvalue weighted by Gasteiger charge is 1.95. The van der Waals surface area contributed by atoms with Crippen LogP contribution in [0.2, 0.25) is 0 Å². The lowest BCUT2D eigenvalue weighted by Gasteiger charge is -2.05. The first-order valence-corrected chi connectivity index (χ1v) is 5.45. The molecular formula is C10H14Cl2O2. The topological polar surface area (TPSA) is 34.1 Å². The lowest BCUT2D eigenvalue weighted by Crippen LogP contribution is -1.85. The monoisotopic (exact) mass is 236 g/mol. The Morgan fingerprint density at radius 3 is 1.07 bits per heavy atom. The van der Waals surface area contributed by atoms with Crippen LogP contribution in [-0.4, -0.2) is 10.5 Å². The van der Waals surface area contributed by atoms with Gasteiger partial charge in [-0.25, -0.2) is 0 Å². The van der Waals surface area contributed by atoms with Gasteiger partial charge in [0.05, 0.1) is 0 Å². The summed E-state index contributed by atoms with van der Waals surface area (Å²) >= 11 is 9.57. The van der Waals surface area contributed by atoms with Crippen molar-refractivity contribution in [3.63, 3.8) is 0 Å². The fourth-order valence-corrected chi connectivity index (χ4v) is 1.32. The van der Waals surface area contributed by atoms with E-state index in [0.29, 0.717) is 0 Å². The van der Waals surface area contributed by atoms with E-state index in [4.69, 9.17) is 23.2 Å². The molecule has 0 aromatic heterocycles. The van der Waals surface area contributed by atoms with E-state index in [0.717, 1.165) is 12.2 Å². The molecule has 1 saturated carbocycles. The average Bonchev–Trinajstić information content (AvgIpc) is 2.18. The second-order valence-electron chi connectivity index (χ2n) is 3.06. The molecule has 80 valence electrons. The molecule has 14 heavy (non-hydrogen) atoms. The predicted octanol–water partition coefficient (Wildman–Crippen LogP) is 3.41. The molecule has 0 heterocycles. The summed E-state index contributed by atoms with van der Waals surface area (Å²) in [5.41, 5.74) is 0. The van der Waals surface area contributed by atoms with Crippen molar-refractivity contribution < 1.29 is 9.59 Å². The number of carbonyl (C=O) groups is 2. The van der Waals surface area contributed by atoms with E-state index < -0.39 is 10.5 Å². The molecule has 0 aliphatic heterocycles. The normalized spacial score (nSPS) is 15.9. The fourth-order valence-electron chi connectivity index (χ4n) is 1.19. The third-order valence-electron chi connectivity index (χ3n) is 1.85. The highest BCUT2D eigenvalue weighted by molar-refractivity contribution is 6.69. The molecule has 0 aromatic rings.